The van der Waals surface area contributed by atoms with E-state index in [0.717, 1.165) is 30.3 Å². The zero-order valence-electron chi connectivity index (χ0n) is 10.3. The first kappa shape index (κ1) is 11.3. The van der Waals surface area contributed by atoms with Crippen LogP contribution in [0.15, 0.2) is 6.20 Å². The van der Waals surface area contributed by atoms with Crippen molar-refractivity contribution < 1.29 is 0 Å². The van der Waals surface area contributed by atoms with Crippen molar-refractivity contribution in [1.82, 2.24) is 15.3 Å². The number of hydrogen-bond donors (Lipinski definition) is 1. The highest BCUT2D eigenvalue weighted by Gasteiger charge is 2.25. The predicted octanol–water partition coefficient (Wildman–Crippen LogP) is 1.28. The van der Waals surface area contributed by atoms with Crippen LogP contribution < -0.4 is 10.2 Å². The fourth-order valence-electron chi connectivity index (χ4n) is 2.25. The molecule has 1 fully saturated rings. The minimum atomic E-state index is 0.571. The van der Waals surface area contributed by atoms with Crippen molar-refractivity contribution in [2.45, 2.75) is 32.7 Å². The molecule has 0 aromatic carbocycles. The first-order valence-electron chi connectivity index (χ1n) is 5.94. The van der Waals surface area contributed by atoms with E-state index in [1.54, 1.807) is 0 Å². The van der Waals surface area contributed by atoms with Crippen molar-refractivity contribution in [1.29, 1.82) is 0 Å². The second-order valence-electron chi connectivity index (χ2n) is 4.45. The van der Waals surface area contributed by atoms with Crippen LogP contribution in [0.3, 0.4) is 0 Å². The summed E-state index contributed by atoms with van der Waals surface area (Å²) in [6, 6.07) is 0.571. The van der Waals surface area contributed by atoms with Crippen LogP contribution in [0.2, 0.25) is 0 Å². The molecule has 16 heavy (non-hydrogen) atoms. The van der Waals surface area contributed by atoms with E-state index in [0.29, 0.717) is 6.04 Å². The van der Waals surface area contributed by atoms with Gasteiger partial charge in [0.25, 0.3) is 0 Å². The van der Waals surface area contributed by atoms with E-state index in [9.17, 15) is 0 Å². The molecule has 4 heteroatoms. The van der Waals surface area contributed by atoms with Gasteiger partial charge in [-0.05, 0) is 33.7 Å². The molecule has 1 aliphatic heterocycles. The third-order valence-corrected chi connectivity index (χ3v) is 3.29. The second kappa shape index (κ2) is 4.78. The molecule has 0 bridgehead atoms. The largest absolute Gasteiger partial charge is 0.351 e. The van der Waals surface area contributed by atoms with Gasteiger partial charge in [-0.15, -0.1) is 0 Å². The monoisotopic (exact) mass is 220 g/mol. The Kier molecular flexibility index (Phi) is 3.39. The normalized spacial score (nSPS) is 20.4. The molecule has 1 N–H and O–H groups in total. The average Bonchev–Trinajstić information content (AvgIpc) is 2.71. The Morgan fingerprint density at radius 3 is 2.94 bits per heavy atom. The highest BCUT2D eigenvalue weighted by atomic mass is 15.2. The molecule has 2 heterocycles. The van der Waals surface area contributed by atoms with E-state index >= 15 is 0 Å². The summed E-state index contributed by atoms with van der Waals surface area (Å²) in [7, 11) is 2.00. The predicted molar refractivity (Wildman–Crippen MR) is 65.8 cm³/mol. The Hall–Kier alpha value is -1.16. The number of likely N-dealkylation sites (N-methyl/N-ethyl adjacent to an activating group) is 1. The number of anilines is 1. The number of aromatic nitrogens is 2. The summed E-state index contributed by atoms with van der Waals surface area (Å²) >= 11 is 0. The van der Waals surface area contributed by atoms with Crippen LogP contribution in [0.5, 0.6) is 0 Å². The van der Waals surface area contributed by atoms with Crippen LogP contribution in [0, 0.1) is 13.8 Å². The fraction of sp³-hybridized carbons (Fsp3) is 0.667. The van der Waals surface area contributed by atoms with Gasteiger partial charge in [0.1, 0.15) is 5.82 Å². The number of rotatable bonds is 3. The molecule has 2 rings (SSSR count). The molecule has 4 nitrogen and oxygen atoms in total. The van der Waals surface area contributed by atoms with Crippen LogP contribution in [0.1, 0.15) is 24.2 Å². The highest BCUT2D eigenvalue weighted by molar-refractivity contribution is 5.40. The zero-order chi connectivity index (χ0) is 11.5. The van der Waals surface area contributed by atoms with Crippen molar-refractivity contribution in [2.24, 2.45) is 0 Å². The minimum absolute atomic E-state index is 0.571. The first-order valence-corrected chi connectivity index (χ1v) is 5.94. The van der Waals surface area contributed by atoms with Crippen LogP contribution in [-0.2, 0) is 0 Å². The van der Waals surface area contributed by atoms with Crippen molar-refractivity contribution in [3.8, 4) is 0 Å². The van der Waals surface area contributed by atoms with Crippen LogP contribution in [0.25, 0.3) is 0 Å². The Morgan fingerprint density at radius 2 is 2.25 bits per heavy atom. The molecule has 0 radical (unpaired) electrons. The van der Waals surface area contributed by atoms with Gasteiger partial charge in [-0.2, -0.15) is 0 Å². The molecule has 0 amide bonds. The lowest BCUT2D eigenvalue weighted by molar-refractivity contribution is 0.610. The van der Waals surface area contributed by atoms with Gasteiger partial charge in [0.15, 0.2) is 0 Å². The van der Waals surface area contributed by atoms with E-state index in [-0.39, 0.29) is 0 Å². The number of hydrogen-bond acceptors (Lipinski definition) is 4. The van der Waals surface area contributed by atoms with Gasteiger partial charge in [-0.25, -0.2) is 4.98 Å². The summed E-state index contributed by atoms with van der Waals surface area (Å²) in [4.78, 5) is 11.4. The molecule has 0 spiro atoms. The average molecular weight is 220 g/mol. The second-order valence-corrected chi connectivity index (χ2v) is 4.45. The van der Waals surface area contributed by atoms with Crippen molar-refractivity contribution in [3.63, 3.8) is 0 Å². The van der Waals surface area contributed by atoms with Gasteiger partial charge in [0.2, 0.25) is 0 Å². The van der Waals surface area contributed by atoms with E-state index in [4.69, 9.17) is 0 Å². The van der Waals surface area contributed by atoms with Crippen LogP contribution >= 0.6 is 0 Å². The quantitative estimate of drug-likeness (QED) is 0.833. The van der Waals surface area contributed by atoms with Gasteiger partial charge in [-0.1, -0.05) is 0 Å². The molecule has 1 aliphatic rings. The molecular weight excluding hydrogens is 200 g/mol. The zero-order valence-corrected chi connectivity index (χ0v) is 10.3. The smallest absolute Gasteiger partial charge is 0.147 e. The molecule has 1 atom stereocenters. The maximum Gasteiger partial charge on any atom is 0.147 e. The summed E-state index contributed by atoms with van der Waals surface area (Å²) in [5, 5.41) is 3.25. The molecule has 88 valence electrons. The van der Waals surface area contributed by atoms with Gasteiger partial charge >= 0.3 is 0 Å². The molecule has 0 aliphatic carbocycles. The van der Waals surface area contributed by atoms with Gasteiger partial charge < -0.3 is 10.2 Å². The topological polar surface area (TPSA) is 41.0 Å². The fourth-order valence-corrected chi connectivity index (χ4v) is 2.25. The molecule has 1 unspecified atom stereocenters. The molecule has 0 saturated carbocycles. The van der Waals surface area contributed by atoms with Crippen molar-refractivity contribution in [3.05, 3.63) is 17.6 Å². The maximum absolute atomic E-state index is 4.62. The molecular formula is C12H20N4. The summed E-state index contributed by atoms with van der Waals surface area (Å²) in [5.74, 6) is 1.03. The lowest BCUT2D eigenvalue weighted by atomic mass is 10.2. The third-order valence-electron chi connectivity index (χ3n) is 3.29. The number of nitrogens with zero attached hydrogens (tertiary/aromatic N) is 3. The standard InChI is InChI=1S/C12H20N4/c1-9-10(2)15-12(8-14-9)16-6-4-5-11(16)7-13-3/h8,11,13H,4-7H2,1-3H3. The third kappa shape index (κ3) is 2.16. The Balaban J connectivity index is 2.19. The molecule has 1 aromatic rings. The number of aryl methyl sites for hydroxylation is 2. The van der Waals surface area contributed by atoms with Gasteiger partial charge in [-0.3, -0.25) is 4.98 Å². The van der Waals surface area contributed by atoms with Crippen molar-refractivity contribution in [2.75, 3.05) is 25.0 Å². The van der Waals surface area contributed by atoms with E-state index in [1.807, 2.05) is 27.1 Å². The Bertz CT molecular complexity index is 364. The molecule has 1 saturated heterocycles. The SMILES string of the molecule is CNCC1CCCN1c1cnc(C)c(C)n1. The Labute approximate surface area is 97.1 Å². The minimum Gasteiger partial charge on any atom is -0.351 e. The number of nitrogens with one attached hydrogen (secondary N) is 1. The maximum atomic E-state index is 4.62. The molecule has 1 aromatic heterocycles. The lowest BCUT2D eigenvalue weighted by Gasteiger charge is -2.25. The van der Waals surface area contributed by atoms with E-state index in [2.05, 4.69) is 20.2 Å². The summed E-state index contributed by atoms with van der Waals surface area (Å²) in [6.07, 6.45) is 4.40. The Morgan fingerprint density at radius 1 is 1.44 bits per heavy atom. The summed E-state index contributed by atoms with van der Waals surface area (Å²) in [6.45, 7) is 6.15. The van der Waals surface area contributed by atoms with Crippen LogP contribution in [0.4, 0.5) is 5.82 Å². The van der Waals surface area contributed by atoms with Crippen LogP contribution in [-0.4, -0.2) is 36.1 Å². The lowest BCUT2D eigenvalue weighted by Crippen LogP contribution is -2.37. The van der Waals surface area contributed by atoms with Crippen molar-refractivity contribution >= 4 is 5.82 Å². The first-order chi connectivity index (χ1) is 7.72. The highest BCUT2D eigenvalue weighted by Crippen LogP contribution is 2.23. The summed E-state index contributed by atoms with van der Waals surface area (Å²) < 4.78 is 0. The van der Waals surface area contributed by atoms with E-state index in [1.165, 1.54) is 12.8 Å². The van der Waals surface area contributed by atoms with Gasteiger partial charge in [0.05, 0.1) is 17.6 Å². The van der Waals surface area contributed by atoms with E-state index < -0.39 is 0 Å². The van der Waals surface area contributed by atoms with Gasteiger partial charge in [0, 0.05) is 19.1 Å². The summed E-state index contributed by atoms with van der Waals surface area (Å²) in [5.41, 5.74) is 2.06.